The van der Waals surface area contributed by atoms with Gasteiger partial charge in [0.1, 0.15) is 17.4 Å². The number of rotatable bonds is 7. The Morgan fingerprint density at radius 3 is 2.45 bits per heavy atom. The van der Waals surface area contributed by atoms with Crippen LogP contribution in [0.15, 0.2) is 77.3 Å². The van der Waals surface area contributed by atoms with Crippen molar-refractivity contribution in [2.45, 2.75) is 13.2 Å². The molecule has 0 aliphatic heterocycles. The molecule has 1 heterocycles. The molecule has 0 aliphatic rings. The summed E-state index contributed by atoms with van der Waals surface area (Å²) in [4.78, 5) is 16.9. The van der Waals surface area contributed by atoms with Gasteiger partial charge in [0.05, 0.1) is 5.56 Å². The lowest BCUT2D eigenvalue weighted by Crippen LogP contribution is -2.23. The Kier molecular flexibility index (Phi) is 5.98. The van der Waals surface area contributed by atoms with Gasteiger partial charge in [-0.05, 0) is 29.8 Å². The number of carbonyl (C=O) groups excluding carboxylic acids is 1. The van der Waals surface area contributed by atoms with Crippen molar-refractivity contribution < 1.29 is 22.8 Å². The molecule has 31 heavy (non-hydrogen) atoms. The third kappa shape index (κ3) is 5.11. The minimum Gasteiger partial charge on any atom is -0.483 e. The van der Waals surface area contributed by atoms with Gasteiger partial charge in [-0.3, -0.25) is 4.79 Å². The fourth-order valence-corrected chi connectivity index (χ4v) is 2.93. The van der Waals surface area contributed by atoms with Crippen LogP contribution in [0.4, 0.5) is 8.78 Å². The number of carbonyl (C=O) groups is 1. The van der Waals surface area contributed by atoms with Gasteiger partial charge in [0, 0.05) is 18.2 Å². The second kappa shape index (κ2) is 9.17. The number of hydrogen-bond acceptors (Lipinski definition) is 5. The lowest BCUT2D eigenvalue weighted by Gasteiger charge is -2.11. The van der Waals surface area contributed by atoms with Crippen LogP contribution in [0.5, 0.6) is 5.75 Å². The molecule has 156 valence electrons. The molecule has 0 fully saturated rings. The number of ether oxygens (including phenoxy) is 1. The van der Waals surface area contributed by atoms with Crippen molar-refractivity contribution in [3.8, 4) is 17.1 Å². The molecule has 4 rings (SSSR count). The summed E-state index contributed by atoms with van der Waals surface area (Å²) >= 11 is 0. The van der Waals surface area contributed by atoms with E-state index in [9.17, 15) is 13.6 Å². The molecular weight excluding hydrogens is 404 g/mol. The standard InChI is InChI=1S/C23H17F2N3O3/c24-17-10-15(11-18(25)12-17)13-26-23(29)19-8-4-5-9-20(19)30-14-21-27-22(28-31-21)16-6-2-1-3-7-16/h1-12H,13-14H2,(H,26,29). The van der Waals surface area contributed by atoms with Crippen LogP contribution < -0.4 is 10.1 Å². The van der Waals surface area contributed by atoms with Gasteiger partial charge in [0.25, 0.3) is 11.8 Å². The number of amides is 1. The molecule has 0 saturated carbocycles. The van der Waals surface area contributed by atoms with E-state index >= 15 is 0 Å². The van der Waals surface area contributed by atoms with E-state index in [1.807, 2.05) is 30.3 Å². The van der Waals surface area contributed by atoms with Crippen LogP contribution >= 0.6 is 0 Å². The average molecular weight is 421 g/mol. The van der Waals surface area contributed by atoms with Gasteiger partial charge in [0.2, 0.25) is 5.82 Å². The molecule has 1 aromatic heterocycles. The molecule has 3 aromatic carbocycles. The molecule has 4 aromatic rings. The summed E-state index contributed by atoms with van der Waals surface area (Å²) in [6, 6.07) is 19.1. The lowest BCUT2D eigenvalue weighted by molar-refractivity contribution is 0.0945. The van der Waals surface area contributed by atoms with Gasteiger partial charge < -0.3 is 14.6 Å². The quantitative estimate of drug-likeness (QED) is 0.475. The largest absolute Gasteiger partial charge is 0.483 e. The minimum absolute atomic E-state index is 0.0285. The van der Waals surface area contributed by atoms with E-state index in [-0.39, 0.29) is 24.6 Å². The van der Waals surface area contributed by atoms with E-state index in [2.05, 4.69) is 15.5 Å². The zero-order chi connectivity index (χ0) is 21.6. The summed E-state index contributed by atoms with van der Waals surface area (Å²) in [5, 5.41) is 6.56. The van der Waals surface area contributed by atoms with Gasteiger partial charge in [-0.25, -0.2) is 8.78 Å². The zero-order valence-corrected chi connectivity index (χ0v) is 16.2. The predicted molar refractivity (Wildman–Crippen MR) is 108 cm³/mol. The van der Waals surface area contributed by atoms with Crippen molar-refractivity contribution in [3.63, 3.8) is 0 Å². The minimum atomic E-state index is -0.706. The van der Waals surface area contributed by atoms with Crippen molar-refractivity contribution in [1.82, 2.24) is 15.5 Å². The molecule has 0 radical (unpaired) electrons. The number of para-hydroxylation sites is 1. The first-order chi connectivity index (χ1) is 15.1. The number of benzene rings is 3. The Morgan fingerprint density at radius 1 is 0.968 bits per heavy atom. The van der Waals surface area contributed by atoms with Crippen LogP contribution in [0, 0.1) is 11.6 Å². The van der Waals surface area contributed by atoms with Gasteiger partial charge in [-0.2, -0.15) is 4.98 Å². The maximum atomic E-state index is 13.3. The third-order valence-electron chi connectivity index (χ3n) is 4.36. The summed E-state index contributed by atoms with van der Waals surface area (Å²) < 4.78 is 37.6. The van der Waals surface area contributed by atoms with Crippen LogP contribution in [0.25, 0.3) is 11.4 Å². The van der Waals surface area contributed by atoms with Crippen LogP contribution in [0.2, 0.25) is 0 Å². The van der Waals surface area contributed by atoms with Crippen LogP contribution in [0.3, 0.4) is 0 Å². The molecule has 0 aliphatic carbocycles. The smallest absolute Gasteiger partial charge is 0.264 e. The van der Waals surface area contributed by atoms with Crippen molar-refractivity contribution in [2.75, 3.05) is 0 Å². The van der Waals surface area contributed by atoms with E-state index in [1.165, 1.54) is 0 Å². The molecule has 1 amide bonds. The Hall–Kier alpha value is -4.07. The molecule has 0 spiro atoms. The Labute approximate surface area is 176 Å². The Balaban J connectivity index is 1.41. The second-order valence-corrected chi connectivity index (χ2v) is 6.62. The molecule has 8 heteroatoms. The number of halogens is 2. The van der Waals surface area contributed by atoms with Gasteiger partial charge in [-0.1, -0.05) is 47.6 Å². The normalized spacial score (nSPS) is 10.6. The number of nitrogens with zero attached hydrogens (tertiary/aromatic N) is 2. The van der Waals surface area contributed by atoms with Crippen LogP contribution in [0.1, 0.15) is 21.8 Å². The first kappa shape index (κ1) is 20.2. The fourth-order valence-electron chi connectivity index (χ4n) is 2.93. The summed E-state index contributed by atoms with van der Waals surface area (Å²) in [6.07, 6.45) is 0. The lowest BCUT2D eigenvalue weighted by atomic mass is 10.1. The maximum absolute atomic E-state index is 13.3. The highest BCUT2D eigenvalue weighted by Gasteiger charge is 2.14. The summed E-state index contributed by atoms with van der Waals surface area (Å²) in [7, 11) is 0. The summed E-state index contributed by atoms with van der Waals surface area (Å²) in [5.74, 6) is -0.859. The number of aromatic nitrogens is 2. The van der Waals surface area contributed by atoms with Crippen molar-refractivity contribution in [2.24, 2.45) is 0 Å². The first-order valence-corrected chi connectivity index (χ1v) is 9.41. The summed E-state index contributed by atoms with van der Waals surface area (Å²) in [6.45, 7) is -0.0643. The van der Waals surface area contributed by atoms with E-state index in [0.717, 1.165) is 23.8 Å². The monoisotopic (exact) mass is 421 g/mol. The topological polar surface area (TPSA) is 77.2 Å². The van der Waals surface area contributed by atoms with Crippen molar-refractivity contribution >= 4 is 5.91 Å². The highest BCUT2D eigenvalue weighted by atomic mass is 19.1. The third-order valence-corrected chi connectivity index (χ3v) is 4.36. The molecule has 6 nitrogen and oxygen atoms in total. The summed E-state index contributed by atoms with van der Waals surface area (Å²) in [5.41, 5.74) is 1.39. The Morgan fingerprint density at radius 2 is 1.68 bits per heavy atom. The van der Waals surface area contributed by atoms with Gasteiger partial charge >= 0.3 is 0 Å². The van der Waals surface area contributed by atoms with E-state index in [4.69, 9.17) is 9.26 Å². The molecule has 0 bridgehead atoms. The Bertz CT molecular complexity index is 1180. The van der Waals surface area contributed by atoms with Gasteiger partial charge in [0.15, 0.2) is 6.61 Å². The second-order valence-electron chi connectivity index (χ2n) is 6.62. The number of hydrogen-bond donors (Lipinski definition) is 1. The molecule has 0 saturated heterocycles. The highest BCUT2D eigenvalue weighted by Crippen LogP contribution is 2.21. The van der Waals surface area contributed by atoms with Gasteiger partial charge in [-0.15, -0.1) is 0 Å². The van der Waals surface area contributed by atoms with Crippen molar-refractivity contribution in [1.29, 1.82) is 0 Å². The molecule has 0 unspecified atom stereocenters. The van der Waals surface area contributed by atoms with E-state index < -0.39 is 17.5 Å². The SMILES string of the molecule is O=C(NCc1cc(F)cc(F)c1)c1ccccc1OCc1nc(-c2ccccc2)no1. The zero-order valence-electron chi connectivity index (χ0n) is 16.2. The molecular formula is C23H17F2N3O3. The fraction of sp³-hybridized carbons (Fsp3) is 0.0870. The molecule has 1 N–H and O–H groups in total. The molecule has 0 atom stereocenters. The highest BCUT2D eigenvalue weighted by molar-refractivity contribution is 5.96. The first-order valence-electron chi connectivity index (χ1n) is 9.41. The van der Waals surface area contributed by atoms with E-state index in [0.29, 0.717) is 17.1 Å². The van der Waals surface area contributed by atoms with Crippen molar-refractivity contribution in [3.05, 3.63) is 101 Å². The van der Waals surface area contributed by atoms with E-state index in [1.54, 1.807) is 24.3 Å². The average Bonchev–Trinajstić information content (AvgIpc) is 3.25. The van der Waals surface area contributed by atoms with Crippen LogP contribution in [-0.4, -0.2) is 16.0 Å². The van der Waals surface area contributed by atoms with Crippen LogP contribution in [-0.2, 0) is 13.2 Å². The predicted octanol–water partition coefficient (Wildman–Crippen LogP) is 4.52. The number of nitrogens with one attached hydrogen (secondary N) is 1. The maximum Gasteiger partial charge on any atom is 0.264 e.